The molecule has 7 heteroatoms. The molecule has 0 radical (unpaired) electrons. The molecule has 1 fully saturated rings. The van der Waals surface area contributed by atoms with Crippen molar-refractivity contribution in [1.29, 1.82) is 0 Å². The molecule has 1 aliphatic rings. The van der Waals surface area contributed by atoms with E-state index in [2.05, 4.69) is 0 Å². The van der Waals surface area contributed by atoms with Crippen molar-refractivity contribution in [2.45, 2.75) is 13.1 Å². The van der Waals surface area contributed by atoms with E-state index in [1.807, 2.05) is 0 Å². The van der Waals surface area contributed by atoms with Gasteiger partial charge in [-0.15, -0.1) is 0 Å². The quantitative estimate of drug-likeness (QED) is 0.640. The molecule has 2 amide bonds. The third-order valence-electron chi connectivity index (χ3n) is 2.13. The van der Waals surface area contributed by atoms with Crippen LogP contribution in [-0.2, 0) is 9.59 Å². The van der Waals surface area contributed by atoms with Crippen molar-refractivity contribution in [2.24, 2.45) is 0 Å². The van der Waals surface area contributed by atoms with Gasteiger partial charge < -0.3 is 9.80 Å². The van der Waals surface area contributed by atoms with Crippen LogP contribution in [0.25, 0.3) is 0 Å². The minimum Gasteiger partial charge on any atom is -0.332 e. The van der Waals surface area contributed by atoms with Gasteiger partial charge in [0.05, 0.1) is 6.54 Å². The van der Waals surface area contributed by atoms with Crippen LogP contribution in [0, 0.1) is 0 Å². The third-order valence-corrected chi connectivity index (χ3v) is 2.13. The van der Waals surface area contributed by atoms with Crippen molar-refractivity contribution in [3.8, 4) is 0 Å². The minimum atomic E-state index is -4.38. The second-order valence-corrected chi connectivity index (χ2v) is 3.37. The largest absolute Gasteiger partial charge is 0.406 e. The summed E-state index contributed by atoms with van der Waals surface area (Å²) in [6.45, 7) is -0.106. The number of rotatable bonds is 1. The van der Waals surface area contributed by atoms with Gasteiger partial charge in [0.1, 0.15) is 6.54 Å². The number of nitrogens with zero attached hydrogens (tertiary/aromatic N) is 2. The molecule has 0 bridgehead atoms. The lowest BCUT2D eigenvalue weighted by atomic mass is 10.3. The summed E-state index contributed by atoms with van der Waals surface area (Å²) in [4.78, 5) is 24.0. The van der Waals surface area contributed by atoms with Gasteiger partial charge in [0.25, 0.3) is 0 Å². The van der Waals surface area contributed by atoms with Crippen molar-refractivity contribution in [3.05, 3.63) is 0 Å². The van der Waals surface area contributed by atoms with Gasteiger partial charge in [0.15, 0.2) is 0 Å². The van der Waals surface area contributed by atoms with Crippen molar-refractivity contribution in [3.63, 3.8) is 0 Å². The molecule has 15 heavy (non-hydrogen) atoms. The van der Waals surface area contributed by atoms with E-state index in [9.17, 15) is 22.8 Å². The van der Waals surface area contributed by atoms with Gasteiger partial charge in [-0.3, -0.25) is 9.59 Å². The Balaban J connectivity index is 2.53. The monoisotopic (exact) mass is 224 g/mol. The summed E-state index contributed by atoms with van der Waals surface area (Å²) in [6, 6.07) is 0. The van der Waals surface area contributed by atoms with Crippen LogP contribution in [0.1, 0.15) is 6.92 Å². The van der Waals surface area contributed by atoms with Crippen molar-refractivity contribution in [1.82, 2.24) is 9.80 Å². The van der Waals surface area contributed by atoms with E-state index in [4.69, 9.17) is 0 Å². The van der Waals surface area contributed by atoms with Crippen LogP contribution in [0.5, 0.6) is 0 Å². The van der Waals surface area contributed by atoms with E-state index in [1.54, 1.807) is 0 Å². The molecule has 0 atom stereocenters. The highest BCUT2D eigenvalue weighted by Gasteiger charge is 2.35. The second kappa shape index (κ2) is 4.08. The predicted octanol–water partition coefficient (Wildman–Crippen LogP) is 0.239. The molecule has 0 aromatic carbocycles. The summed E-state index contributed by atoms with van der Waals surface area (Å²) in [5, 5.41) is 0. The fourth-order valence-electron chi connectivity index (χ4n) is 1.36. The Morgan fingerprint density at radius 2 is 2.00 bits per heavy atom. The Labute approximate surface area is 84.6 Å². The van der Waals surface area contributed by atoms with Gasteiger partial charge in [0.2, 0.25) is 11.8 Å². The zero-order valence-electron chi connectivity index (χ0n) is 8.17. The highest BCUT2D eigenvalue weighted by molar-refractivity contribution is 5.85. The number of alkyl halides is 3. The first-order valence-electron chi connectivity index (χ1n) is 4.39. The highest BCUT2D eigenvalue weighted by Crippen LogP contribution is 2.17. The molecule has 0 spiro atoms. The Morgan fingerprint density at radius 1 is 1.40 bits per heavy atom. The maximum Gasteiger partial charge on any atom is 0.406 e. The number of piperazine rings is 1. The van der Waals surface area contributed by atoms with Crippen LogP contribution in [0.4, 0.5) is 13.2 Å². The average Bonchev–Trinajstić information content (AvgIpc) is 2.05. The van der Waals surface area contributed by atoms with Crippen molar-refractivity contribution in [2.75, 3.05) is 26.2 Å². The molecule has 0 saturated carbocycles. The SMILES string of the molecule is CC(=O)N1CCN(CC(F)(F)F)C(=O)C1. The van der Waals surface area contributed by atoms with Gasteiger partial charge >= 0.3 is 6.18 Å². The van der Waals surface area contributed by atoms with Crippen LogP contribution >= 0.6 is 0 Å². The number of halogens is 3. The maximum absolute atomic E-state index is 12.0. The third kappa shape index (κ3) is 3.41. The molecule has 1 saturated heterocycles. The summed E-state index contributed by atoms with van der Waals surface area (Å²) < 4.78 is 36.0. The predicted molar refractivity (Wildman–Crippen MR) is 44.9 cm³/mol. The molecule has 1 rings (SSSR count). The summed E-state index contributed by atoms with van der Waals surface area (Å²) in [5.41, 5.74) is 0. The Bertz CT molecular complexity index is 278. The lowest BCUT2D eigenvalue weighted by molar-refractivity contribution is -0.167. The number of carbonyl (C=O) groups excluding carboxylic acids is 2. The zero-order valence-corrected chi connectivity index (χ0v) is 8.17. The molecule has 86 valence electrons. The van der Waals surface area contributed by atoms with E-state index in [0.717, 1.165) is 4.90 Å². The highest BCUT2D eigenvalue weighted by atomic mass is 19.4. The molecule has 0 unspecified atom stereocenters. The first-order chi connectivity index (χ1) is 6.79. The topological polar surface area (TPSA) is 40.6 Å². The standard InChI is InChI=1S/C8H11F3N2O2/c1-6(14)12-2-3-13(7(15)4-12)5-8(9,10)11/h2-5H2,1H3. The smallest absolute Gasteiger partial charge is 0.332 e. The molecule has 0 aromatic rings. The van der Waals surface area contributed by atoms with Crippen molar-refractivity contribution < 1.29 is 22.8 Å². The van der Waals surface area contributed by atoms with Crippen LogP contribution < -0.4 is 0 Å². The van der Waals surface area contributed by atoms with Gasteiger partial charge in [-0.2, -0.15) is 13.2 Å². The number of amides is 2. The molecule has 1 aliphatic heterocycles. The molecule has 0 N–H and O–H groups in total. The van der Waals surface area contributed by atoms with E-state index in [1.165, 1.54) is 11.8 Å². The number of carbonyl (C=O) groups is 2. The van der Waals surface area contributed by atoms with Crippen molar-refractivity contribution >= 4 is 11.8 Å². The van der Waals surface area contributed by atoms with E-state index in [0.29, 0.717) is 0 Å². The van der Waals surface area contributed by atoms with Crippen LogP contribution in [0.2, 0.25) is 0 Å². The summed E-state index contributed by atoms with van der Waals surface area (Å²) >= 11 is 0. The average molecular weight is 224 g/mol. The van der Waals surface area contributed by atoms with Gasteiger partial charge in [0, 0.05) is 20.0 Å². The lowest BCUT2D eigenvalue weighted by Gasteiger charge is -2.34. The molecule has 0 aliphatic carbocycles. The molecule has 1 heterocycles. The summed E-state index contributed by atoms with van der Waals surface area (Å²) in [6.07, 6.45) is -4.38. The van der Waals surface area contributed by atoms with Crippen LogP contribution in [0.3, 0.4) is 0 Å². The lowest BCUT2D eigenvalue weighted by Crippen LogP contribution is -2.53. The molecular weight excluding hydrogens is 213 g/mol. The molecule has 4 nitrogen and oxygen atoms in total. The first kappa shape index (κ1) is 11.8. The van der Waals surface area contributed by atoms with Gasteiger partial charge in [-0.05, 0) is 0 Å². The van der Waals surface area contributed by atoms with E-state index >= 15 is 0 Å². The molecule has 0 aromatic heterocycles. The Hall–Kier alpha value is -1.27. The fourth-order valence-corrected chi connectivity index (χ4v) is 1.36. The summed E-state index contributed by atoms with van der Waals surface area (Å²) in [5.74, 6) is -0.955. The molecular formula is C8H11F3N2O2. The zero-order chi connectivity index (χ0) is 11.6. The normalized spacial score (nSPS) is 18.3. The van der Waals surface area contributed by atoms with Crippen LogP contribution in [-0.4, -0.2) is 54.0 Å². The summed E-state index contributed by atoms with van der Waals surface area (Å²) in [7, 11) is 0. The maximum atomic E-state index is 12.0. The van der Waals surface area contributed by atoms with E-state index < -0.39 is 18.6 Å². The Morgan fingerprint density at radius 3 is 2.40 bits per heavy atom. The first-order valence-corrected chi connectivity index (χ1v) is 4.39. The number of hydrogen-bond donors (Lipinski definition) is 0. The number of hydrogen-bond acceptors (Lipinski definition) is 2. The fraction of sp³-hybridized carbons (Fsp3) is 0.750. The Kier molecular flexibility index (Phi) is 3.21. The van der Waals surface area contributed by atoms with Gasteiger partial charge in [-0.1, -0.05) is 0 Å². The second-order valence-electron chi connectivity index (χ2n) is 3.37. The van der Waals surface area contributed by atoms with Crippen LogP contribution in [0.15, 0.2) is 0 Å². The van der Waals surface area contributed by atoms with E-state index in [-0.39, 0.29) is 25.5 Å². The van der Waals surface area contributed by atoms with Gasteiger partial charge in [-0.25, -0.2) is 0 Å². The minimum absolute atomic E-state index is 0.0576.